The van der Waals surface area contributed by atoms with Crippen LogP contribution in [0.3, 0.4) is 0 Å². The van der Waals surface area contributed by atoms with Crippen molar-refractivity contribution in [2.75, 3.05) is 13.7 Å². The van der Waals surface area contributed by atoms with Crippen molar-refractivity contribution in [2.45, 2.75) is 38.6 Å². The van der Waals surface area contributed by atoms with Crippen molar-refractivity contribution in [1.82, 2.24) is 15.1 Å². The van der Waals surface area contributed by atoms with Crippen LogP contribution >= 0.6 is 0 Å². The third-order valence-electron chi connectivity index (χ3n) is 4.84. The van der Waals surface area contributed by atoms with E-state index in [2.05, 4.69) is 10.2 Å². The molecule has 27 heavy (non-hydrogen) atoms. The van der Waals surface area contributed by atoms with Crippen molar-refractivity contribution in [3.05, 3.63) is 40.7 Å². The standard InChI is InChI=1S/C19H23N3O5/c1-27-16-7-6-12(10-15(16)23)4-2-3-5-17(24)22-9-8-13-14(11-22)20-21-18(13)19(25)26/h6-7,10,23H,2-5,8-9,11H2,1H3,(H,20,21)(H,25,26). The van der Waals surface area contributed by atoms with E-state index in [-0.39, 0.29) is 17.4 Å². The topological polar surface area (TPSA) is 116 Å². The van der Waals surface area contributed by atoms with E-state index in [0.717, 1.165) is 24.8 Å². The minimum absolute atomic E-state index is 0.0554. The highest BCUT2D eigenvalue weighted by Crippen LogP contribution is 2.27. The second-order valence-electron chi connectivity index (χ2n) is 6.61. The number of unbranched alkanes of at least 4 members (excludes halogenated alkanes) is 1. The Kier molecular flexibility index (Phi) is 5.63. The summed E-state index contributed by atoms with van der Waals surface area (Å²) in [7, 11) is 1.51. The smallest absolute Gasteiger partial charge is 0.356 e. The molecule has 0 atom stereocenters. The van der Waals surface area contributed by atoms with Gasteiger partial charge in [0.15, 0.2) is 17.2 Å². The van der Waals surface area contributed by atoms with Crippen molar-refractivity contribution in [1.29, 1.82) is 0 Å². The molecule has 1 aliphatic heterocycles. The van der Waals surface area contributed by atoms with Crippen LogP contribution in [0.5, 0.6) is 11.5 Å². The molecule has 0 aliphatic carbocycles. The predicted octanol–water partition coefficient (Wildman–Crippen LogP) is 2.12. The van der Waals surface area contributed by atoms with Crippen LogP contribution in [-0.4, -0.2) is 50.8 Å². The summed E-state index contributed by atoms with van der Waals surface area (Å²) in [6.07, 6.45) is 3.31. The number of aryl methyl sites for hydroxylation is 1. The SMILES string of the molecule is COc1ccc(CCCCC(=O)N2CCc3c(C(=O)O)n[nH]c3C2)cc1O. The van der Waals surface area contributed by atoms with E-state index in [1.807, 2.05) is 6.07 Å². The first-order valence-electron chi connectivity index (χ1n) is 8.92. The zero-order chi connectivity index (χ0) is 19.4. The molecular weight excluding hydrogens is 350 g/mol. The van der Waals surface area contributed by atoms with E-state index >= 15 is 0 Å². The molecule has 2 aromatic rings. The Morgan fingerprint density at radius 3 is 2.85 bits per heavy atom. The Bertz CT molecular complexity index is 846. The average molecular weight is 373 g/mol. The van der Waals surface area contributed by atoms with Gasteiger partial charge in [0.2, 0.25) is 5.91 Å². The van der Waals surface area contributed by atoms with Gasteiger partial charge in [0.25, 0.3) is 0 Å². The van der Waals surface area contributed by atoms with Gasteiger partial charge in [-0.05, 0) is 43.4 Å². The molecule has 144 valence electrons. The highest BCUT2D eigenvalue weighted by molar-refractivity contribution is 5.87. The van der Waals surface area contributed by atoms with Gasteiger partial charge in [-0.3, -0.25) is 9.89 Å². The number of nitrogens with zero attached hydrogens (tertiary/aromatic N) is 2. The molecule has 2 heterocycles. The molecule has 3 N–H and O–H groups in total. The number of aromatic hydroxyl groups is 1. The Morgan fingerprint density at radius 1 is 1.33 bits per heavy atom. The summed E-state index contributed by atoms with van der Waals surface area (Å²) in [4.78, 5) is 25.3. The molecule has 0 saturated heterocycles. The minimum atomic E-state index is -1.04. The number of carboxylic acid groups (broad SMARTS) is 1. The first kappa shape index (κ1) is 18.8. The summed E-state index contributed by atoms with van der Waals surface area (Å²) < 4.78 is 5.02. The fraction of sp³-hybridized carbons (Fsp3) is 0.421. The fourth-order valence-electron chi connectivity index (χ4n) is 3.36. The van der Waals surface area contributed by atoms with Gasteiger partial charge in [0.1, 0.15) is 0 Å². The van der Waals surface area contributed by atoms with Crippen LogP contribution in [0.2, 0.25) is 0 Å². The molecular formula is C19H23N3O5. The lowest BCUT2D eigenvalue weighted by atomic mass is 10.0. The number of fused-ring (bicyclic) bond motifs is 1. The number of nitrogens with one attached hydrogen (secondary N) is 1. The van der Waals surface area contributed by atoms with Crippen molar-refractivity contribution < 1.29 is 24.5 Å². The van der Waals surface area contributed by atoms with Crippen molar-refractivity contribution in [3.8, 4) is 11.5 Å². The molecule has 8 nitrogen and oxygen atoms in total. The van der Waals surface area contributed by atoms with Crippen molar-refractivity contribution in [3.63, 3.8) is 0 Å². The lowest BCUT2D eigenvalue weighted by Gasteiger charge is -2.26. The maximum atomic E-state index is 12.4. The number of H-pyrrole nitrogens is 1. The van der Waals surface area contributed by atoms with Crippen LogP contribution in [0.4, 0.5) is 0 Å². The van der Waals surface area contributed by atoms with Crippen LogP contribution in [-0.2, 0) is 24.2 Å². The number of ether oxygens (including phenoxy) is 1. The van der Waals surface area contributed by atoms with Crippen LogP contribution in [0.15, 0.2) is 18.2 Å². The van der Waals surface area contributed by atoms with E-state index in [1.165, 1.54) is 7.11 Å². The number of benzene rings is 1. The number of carbonyl (C=O) groups excluding carboxylic acids is 1. The van der Waals surface area contributed by atoms with Crippen molar-refractivity contribution in [2.24, 2.45) is 0 Å². The number of carbonyl (C=O) groups is 2. The lowest BCUT2D eigenvalue weighted by molar-refractivity contribution is -0.132. The Hall–Kier alpha value is -3.03. The molecule has 0 bridgehead atoms. The van der Waals surface area contributed by atoms with Gasteiger partial charge in [-0.1, -0.05) is 6.07 Å². The number of aromatic nitrogens is 2. The number of hydrogen-bond donors (Lipinski definition) is 3. The first-order chi connectivity index (χ1) is 13.0. The highest BCUT2D eigenvalue weighted by atomic mass is 16.5. The molecule has 1 aromatic heterocycles. The average Bonchev–Trinajstić information content (AvgIpc) is 3.08. The van der Waals surface area contributed by atoms with Gasteiger partial charge in [-0.2, -0.15) is 5.10 Å². The van der Waals surface area contributed by atoms with Gasteiger partial charge >= 0.3 is 5.97 Å². The summed E-state index contributed by atoms with van der Waals surface area (Å²) >= 11 is 0. The molecule has 8 heteroatoms. The number of hydrogen-bond acceptors (Lipinski definition) is 5. The van der Waals surface area contributed by atoms with Crippen molar-refractivity contribution >= 4 is 11.9 Å². The predicted molar refractivity (Wildman–Crippen MR) is 96.9 cm³/mol. The number of aromatic amines is 1. The molecule has 0 fully saturated rings. The number of aromatic carboxylic acids is 1. The highest BCUT2D eigenvalue weighted by Gasteiger charge is 2.26. The van der Waals surface area contributed by atoms with Gasteiger partial charge in [0, 0.05) is 18.5 Å². The second kappa shape index (κ2) is 8.11. The zero-order valence-corrected chi connectivity index (χ0v) is 15.2. The van der Waals surface area contributed by atoms with Gasteiger partial charge in [-0.15, -0.1) is 0 Å². The third kappa shape index (κ3) is 4.21. The number of carboxylic acids is 1. The first-order valence-corrected chi connectivity index (χ1v) is 8.92. The molecule has 0 spiro atoms. The minimum Gasteiger partial charge on any atom is -0.504 e. The maximum absolute atomic E-state index is 12.4. The normalized spacial score (nSPS) is 13.3. The second-order valence-corrected chi connectivity index (χ2v) is 6.61. The zero-order valence-electron chi connectivity index (χ0n) is 15.2. The number of phenols is 1. The molecule has 1 aromatic carbocycles. The lowest BCUT2D eigenvalue weighted by Crippen LogP contribution is -2.36. The van der Waals surface area contributed by atoms with E-state index in [0.29, 0.717) is 42.9 Å². The number of rotatable bonds is 7. The largest absolute Gasteiger partial charge is 0.504 e. The summed E-state index contributed by atoms with van der Waals surface area (Å²) in [5.74, 6) is -0.416. The number of methoxy groups -OCH3 is 1. The molecule has 1 amide bonds. The van der Waals surface area contributed by atoms with E-state index in [9.17, 15) is 14.7 Å². The fourth-order valence-corrected chi connectivity index (χ4v) is 3.36. The Labute approximate surface area is 156 Å². The van der Waals surface area contributed by atoms with E-state index in [1.54, 1.807) is 17.0 Å². The van der Waals surface area contributed by atoms with Gasteiger partial charge in [0.05, 0.1) is 19.3 Å². The number of phenolic OH excluding ortho intramolecular Hbond substituents is 1. The van der Waals surface area contributed by atoms with Gasteiger partial charge in [-0.25, -0.2) is 4.79 Å². The van der Waals surface area contributed by atoms with Crippen LogP contribution in [0, 0.1) is 0 Å². The van der Waals surface area contributed by atoms with E-state index < -0.39 is 5.97 Å². The van der Waals surface area contributed by atoms with E-state index in [4.69, 9.17) is 9.84 Å². The molecule has 3 rings (SSSR count). The summed E-state index contributed by atoms with van der Waals surface area (Å²) in [5, 5.41) is 25.5. The molecule has 1 aliphatic rings. The summed E-state index contributed by atoms with van der Waals surface area (Å²) in [6, 6.07) is 5.33. The molecule has 0 saturated carbocycles. The third-order valence-corrected chi connectivity index (χ3v) is 4.84. The van der Waals surface area contributed by atoms with Crippen LogP contribution in [0.1, 0.15) is 46.6 Å². The Balaban J connectivity index is 1.46. The molecule has 0 radical (unpaired) electrons. The van der Waals surface area contributed by atoms with Crippen LogP contribution in [0.25, 0.3) is 0 Å². The monoisotopic (exact) mass is 373 g/mol. The molecule has 0 unspecified atom stereocenters. The summed E-state index contributed by atoms with van der Waals surface area (Å²) in [6.45, 7) is 0.888. The quantitative estimate of drug-likeness (QED) is 0.640. The van der Waals surface area contributed by atoms with Gasteiger partial charge < -0.3 is 19.8 Å². The number of amides is 1. The summed E-state index contributed by atoms with van der Waals surface area (Å²) in [5.41, 5.74) is 2.47. The van der Waals surface area contributed by atoms with Crippen LogP contribution < -0.4 is 4.74 Å². The maximum Gasteiger partial charge on any atom is 0.356 e. The Morgan fingerprint density at radius 2 is 2.15 bits per heavy atom.